The van der Waals surface area contributed by atoms with Gasteiger partial charge in [0.25, 0.3) is 9.05 Å². The van der Waals surface area contributed by atoms with Crippen LogP contribution in [0.25, 0.3) is 0 Å². The number of hydrogen-bond acceptors (Lipinski definition) is 4. The van der Waals surface area contributed by atoms with Gasteiger partial charge in [-0.2, -0.15) is 0 Å². The van der Waals surface area contributed by atoms with E-state index in [4.69, 9.17) is 10.7 Å². The number of rotatable bonds is 5. The second-order valence-corrected chi connectivity index (χ2v) is 10.9. The first-order chi connectivity index (χ1) is 11.5. The van der Waals surface area contributed by atoms with Gasteiger partial charge in [-0.15, -0.1) is 0 Å². The predicted molar refractivity (Wildman–Crippen MR) is 99.6 cm³/mol. The van der Waals surface area contributed by atoms with E-state index < -0.39 is 18.9 Å². The van der Waals surface area contributed by atoms with Gasteiger partial charge in [-0.25, -0.2) is 16.8 Å². The van der Waals surface area contributed by atoms with Crippen molar-refractivity contribution in [2.45, 2.75) is 54.2 Å². The van der Waals surface area contributed by atoms with Crippen molar-refractivity contribution in [3.05, 3.63) is 53.6 Å². The number of halogens is 1. The second-order valence-electron chi connectivity index (χ2n) is 6.49. The molecule has 0 N–H and O–H groups in total. The molecule has 7 heteroatoms. The normalized spacial score (nSPS) is 12.8. The van der Waals surface area contributed by atoms with E-state index in [0.29, 0.717) is 11.1 Å². The van der Waals surface area contributed by atoms with Gasteiger partial charge in [0.1, 0.15) is 0 Å². The summed E-state index contributed by atoms with van der Waals surface area (Å²) in [7, 11) is -2.36. The van der Waals surface area contributed by atoms with Gasteiger partial charge >= 0.3 is 0 Å². The van der Waals surface area contributed by atoms with Gasteiger partial charge in [-0.05, 0) is 41.2 Å². The second kappa shape index (κ2) is 7.09. The molecule has 0 heterocycles. The van der Waals surface area contributed by atoms with Gasteiger partial charge in [-0.1, -0.05) is 52.0 Å². The standard InChI is InChI=1S/C18H21ClO4S2/c1-12(2)15-10-16(13(3)4)18(25(19,22)23)11-17(15)24(20,21)14-8-6-5-7-9-14/h5-13H,1-4H3. The minimum Gasteiger partial charge on any atom is -0.219 e. The summed E-state index contributed by atoms with van der Waals surface area (Å²) < 4.78 is 50.2. The Morgan fingerprint density at radius 3 is 1.68 bits per heavy atom. The van der Waals surface area contributed by atoms with Crippen molar-refractivity contribution in [1.29, 1.82) is 0 Å². The third-order valence-corrected chi connectivity index (χ3v) is 7.19. The Kier molecular flexibility index (Phi) is 5.66. The molecular weight excluding hydrogens is 380 g/mol. The van der Waals surface area contributed by atoms with Crippen molar-refractivity contribution < 1.29 is 16.8 Å². The van der Waals surface area contributed by atoms with E-state index >= 15 is 0 Å². The van der Waals surface area contributed by atoms with Crippen molar-refractivity contribution in [2.75, 3.05) is 0 Å². The molecule has 2 aromatic rings. The summed E-state index contributed by atoms with van der Waals surface area (Å²) in [4.78, 5) is -0.0486. The zero-order valence-corrected chi connectivity index (χ0v) is 16.9. The van der Waals surface area contributed by atoms with Crippen LogP contribution in [0.1, 0.15) is 50.7 Å². The minimum atomic E-state index is -4.08. The lowest BCUT2D eigenvalue weighted by atomic mass is 9.95. The molecule has 0 bridgehead atoms. The van der Waals surface area contributed by atoms with E-state index in [0.717, 1.165) is 0 Å². The first kappa shape index (κ1) is 19.9. The monoisotopic (exact) mass is 400 g/mol. The first-order valence-corrected chi connectivity index (χ1v) is 11.7. The average molecular weight is 401 g/mol. The van der Waals surface area contributed by atoms with Crippen LogP contribution in [-0.4, -0.2) is 16.8 Å². The summed E-state index contributed by atoms with van der Waals surface area (Å²) in [5.74, 6) is -0.215. The predicted octanol–water partition coefficient (Wildman–Crippen LogP) is 4.69. The van der Waals surface area contributed by atoms with E-state index in [9.17, 15) is 16.8 Å². The Morgan fingerprint density at radius 1 is 0.760 bits per heavy atom. The highest BCUT2D eigenvalue weighted by molar-refractivity contribution is 8.13. The van der Waals surface area contributed by atoms with Crippen molar-refractivity contribution in [3.63, 3.8) is 0 Å². The molecular formula is C18H21ClO4S2. The Labute approximate surface area is 154 Å². The van der Waals surface area contributed by atoms with Crippen LogP contribution in [0.15, 0.2) is 57.2 Å². The lowest BCUT2D eigenvalue weighted by Crippen LogP contribution is -2.11. The molecule has 4 nitrogen and oxygen atoms in total. The molecule has 0 aliphatic rings. The summed E-state index contributed by atoms with van der Waals surface area (Å²) in [6.45, 7) is 7.43. The Balaban J connectivity index is 2.90. The van der Waals surface area contributed by atoms with Gasteiger partial charge in [0, 0.05) is 10.7 Å². The maximum Gasteiger partial charge on any atom is 0.261 e. The summed E-state index contributed by atoms with van der Waals surface area (Å²) in [6, 6.07) is 10.8. The molecule has 2 rings (SSSR count). The Hall–Kier alpha value is -1.37. The summed E-state index contributed by atoms with van der Waals surface area (Å²) in [5, 5.41) is 0. The molecule has 0 unspecified atom stereocenters. The van der Waals surface area contributed by atoms with E-state index in [2.05, 4.69) is 0 Å². The fourth-order valence-electron chi connectivity index (χ4n) is 2.67. The molecule has 0 spiro atoms. The molecule has 0 amide bonds. The molecule has 0 radical (unpaired) electrons. The van der Waals surface area contributed by atoms with Crippen LogP contribution in [0.3, 0.4) is 0 Å². The van der Waals surface area contributed by atoms with Crippen LogP contribution in [0.2, 0.25) is 0 Å². The molecule has 136 valence electrons. The van der Waals surface area contributed by atoms with Crippen LogP contribution in [0.4, 0.5) is 0 Å². The number of hydrogen-bond donors (Lipinski definition) is 0. The lowest BCUT2D eigenvalue weighted by molar-refractivity contribution is 0.592. The van der Waals surface area contributed by atoms with Crippen molar-refractivity contribution in [1.82, 2.24) is 0 Å². The largest absolute Gasteiger partial charge is 0.261 e. The molecule has 0 aliphatic heterocycles. The molecule has 25 heavy (non-hydrogen) atoms. The highest BCUT2D eigenvalue weighted by atomic mass is 35.7. The zero-order chi connectivity index (χ0) is 19.0. The molecule has 0 atom stereocenters. The first-order valence-electron chi connectivity index (χ1n) is 7.89. The third-order valence-electron chi connectivity index (χ3n) is 3.99. The molecule has 0 fully saturated rings. The minimum absolute atomic E-state index is 0.0164. The fourth-order valence-corrected chi connectivity index (χ4v) is 5.63. The van der Waals surface area contributed by atoms with E-state index in [-0.39, 0.29) is 26.5 Å². The SMILES string of the molecule is CC(C)c1cc(C(C)C)c(S(=O)(=O)c2ccccc2)cc1S(=O)(=O)Cl. The average Bonchev–Trinajstić information content (AvgIpc) is 2.53. The van der Waals surface area contributed by atoms with Gasteiger partial charge in [0.15, 0.2) is 0 Å². The smallest absolute Gasteiger partial charge is 0.219 e. The molecule has 0 aromatic heterocycles. The Morgan fingerprint density at radius 2 is 1.24 bits per heavy atom. The number of benzene rings is 2. The molecule has 0 saturated carbocycles. The van der Waals surface area contributed by atoms with Gasteiger partial charge in [0.2, 0.25) is 9.84 Å². The van der Waals surface area contributed by atoms with Crippen LogP contribution in [0.5, 0.6) is 0 Å². The van der Waals surface area contributed by atoms with Crippen molar-refractivity contribution in [3.8, 4) is 0 Å². The van der Waals surface area contributed by atoms with Crippen LogP contribution in [-0.2, 0) is 18.9 Å². The molecule has 2 aromatic carbocycles. The quantitative estimate of drug-likeness (QED) is 0.682. The Bertz CT molecular complexity index is 977. The van der Waals surface area contributed by atoms with Crippen molar-refractivity contribution >= 4 is 29.6 Å². The summed E-state index contributed by atoms with van der Waals surface area (Å²) in [5.41, 5.74) is 1.10. The lowest BCUT2D eigenvalue weighted by Gasteiger charge is -2.19. The zero-order valence-electron chi connectivity index (χ0n) is 14.5. The van der Waals surface area contributed by atoms with Gasteiger partial charge in [0.05, 0.1) is 14.7 Å². The summed E-state index contributed by atoms with van der Waals surface area (Å²) >= 11 is 0. The third kappa shape index (κ3) is 4.07. The highest BCUT2D eigenvalue weighted by Gasteiger charge is 2.28. The van der Waals surface area contributed by atoms with Gasteiger partial charge < -0.3 is 0 Å². The molecule has 0 saturated heterocycles. The van der Waals surface area contributed by atoms with Gasteiger partial charge in [-0.3, -0.25) is 0 Å². The van der Waals surface area contributed by atoms with Crippen LogP contribution in [0, 0.1) is 0 Å². The van der Waals surface area contributed by atoms with Crippen LogP contribution >= 0.6 is 10.7 Å². The summed E-state index contributed by atoms with van der Waals surface area (Å²) in [6.07, 6.45) is 0. The highest BCUT2D eigenvalue weighted by Crippen LogP contribution is 2.36. The molecule has 0 aliphatic carbocycles. The maximum atomic E-state index is 13.1. The fraction of sp³-hybridized carbons (Fsp3) is 0.333. The van der Waals surface area contributed by atoms with E-state index in [1.54, 1.807) is 24.3 Å². The topological polar surface area (TPSA) is 68.3 Å². The maximum absolute atomic E-state index is 13.1. The number of sulfone groups is 1. The van der Waals surface area contributed by atoms with Crippen molar-refractivity contribution in [2.24, 2.45) is 0 Å². The van der Waals surface area contributed by atoms with Crippen LogP contribution < -0.4 is 0 Å². The van der Waals surface area contributed by atoms with E-state index in [1.165, 1.54) is 18.2 Å². The van der Waals surface area contributed by atoms with E-state index in [1.807, 2.05) is 27.7 Å².